The van der Waals surface area contributed by atoms with Gasteiger partial charge in [0.05, 0.1) is 18.8 Å². The minimum atomic E-state index is 0.128. The highest BCUT2D eigenvalue weighted by molar-refractivity contribution is 5.80. The second kappa shape index (κ2) is 5.16. The quantitative estimate of drug-likeness (QED) is 0.738. The summed E-state index contributed by atoms with van der Waals surface area (Å²) in [6.45, 7) is 2.50. The lowest BCUT2D eigenvalue weighted by atomic mass is 10.2. The number of aliphatic imine (C=N–C) groups is 1. The number of nitrogens with zero attached hydrogens (tertiary/aromatic N) is 5. The third-order valence-electron chi connectivity index (χ3n) is 3.69. The van der Waals surface area contributed by atoms with Crippen molar-refractivity contribution >= 4 is 5.96 Å². The summed E-state index contributed by atoms with van der Waals surface area (Å²) < 4.78 is 1.77. The highest BCUT2D eigenvalue weighted by Crippen LogP contribution is 2.34. The van der Waals surface area contributed by atoms with Gasteiger partial charge in [-0.15, -0.1) is 5.10 Å². The molecule has 0 spiro atoms. The zero-order valence-electron chi connectivity index (χ0n) is 10.9. The molecule has 1 atom stereocenters. The van der Waals surface area contributed by atoms with Crippen molar-refractivity contribution in [2.24, 2.45) is 16.6 Å². The lowest BCUT2D eigenvalue weighted by Gasteiger charge is -2.24. The number of guanidine groups is 1. The first-order valence-corrected chi connectivity index (χ1v) is 6.85. The average Bonchev–Trinajstić information content (AvgIpc) is 2.98. The van der Waals surface area contributed by atoms with Crippen LogP contribution in [0.15, 0.2) is 11.2 Å². The molecule has 1 aromatic rings. The Bertz CT molecular complexity index is 467. The van der Waals surface area contributed by atoms with E-state index in [1.54, 1.807) is 4.68 Å². The van der Waals surface area contributed by atoms with Crippen molar-refractivity contribution in [3.63, 3.8) is 0 Å². The summed E-state index contributed by atoms with van der Waals surface area (Å²) in [6, 6.07) is 0.128. The van der Waals surface area contributed by atoms with Crippen molar-refractivity contribution in [2.75, 3.05) is 19.7 Å². The first kappa shape index (κ1) is 12.4. The van der Waals surface area contributed by atoms with E-state index in [0.717, 1.165) is 18.2 Å². The fraction of sp³-hybridized carbons (Fsp3) is 0.750. The summed E-state index contributed by atoms with van der Waals surface area (Å²) in [5.41, 5.74) is 6.88. The van der Waals surface area contributed by atoms with E-state index in [1.165, 1.54) is 12.8 Å². The van der Waals surface area contributed by atoms with Gasteiger partial charge in [0, 0.05) is 19.7 Å². The summed E-state index contributed by atoms with van der Waals surface area (Å²) >= 11 is 0. The SMILES string of the molecule is NC1=NCC(c2cn(CCCO)nn2)N1CC1CC1. The molecule has 0 saturated heterocycles. The van der Waals surface area contributed by atoms with E-state index in [0.29, 0.717) is 25.5 Å². The van der Waals surface area contributed by atoms with E-state index in [9.17, 15) is 0 Å². The first-order valence-electron chi connectivity index (χ1n) is 6.85. The predicted octanol–water partition coefficient (Wildman–Crippen LogP) is -0.258. The molecule has 2 heterocycles. The van der Waals surface area contributed by atoms with E-state index in [2.05, 4.69) is 20.2 Å². The van der Waals surface area contributed by atoms with Crippen LogP contribution in [-0.4, -0.2) is 50.7 Å². The van der Waals surface area contributed by atoms with Crippen molar-refractivity contribution in [3.05, 3.63) is 11.9 Å². The van der Waals surface area contributed by atoms with Gasteiger partial charge in [0.1, 0.15) is 5.69 Å². The molecule has 0 bridgehead atoms. The molecular weight excluding hydrogens is 244 g/mol. The van der Waals surface area contributed by atoms with Gasteiger partial charge in [0.25, 0.3) is 0 Å². The Kier molecular flexibility index (Phi) is 3.37. The molecular formula is C12H20N6O. The van der Waals surface area contributed by atoms with Gasteiger partial charge in [-0.05, 0) is 25.2 Å². The molecule has 104 valence electrons. The lowest BCUT2D eigenvalue weighted by molar-refractivity contribution is 0.276. The minimum absolute atomic E-state index is 0.128. The van der Waals surface area contributed by atoms with Gasteiger partial charge in [-0.1, -0.05) is 5.21 Å². The Morgan fingerprint density at radius 1 is 1.42 bits per heavy atom. The Labute approximate surface area is 112 Å². The van der Waals surface area contributed by atoms with Crippen molar-refractivity contribution < 1.29 is 5.11 Å². The first-order chi connectivity index (χ1) is 9.28. The standard InChI is InChI=1S/C12H20N6O/c13-12-14-6-11(18(12)7-9-2-3-9)10-8-17(16-15-10)4-1-5-19/h8-9,11,19H,1-7H2,(H2,13,14). The maximum atomic E-state index is 8.82. The van der Waals surface area contributed by atoms with Gasteiger partial charge in [0.15, 0.2) is 5.96 Å². The summed E-state index contributed by atoms with van der Waals surface area (Å²) in [7, 11) is 0. The third-order valence-corrected chi connectivity index (χ3v) is 3.69. The zero-order chi connectivity index (χ0) is 13.2. The molecule has 1 aromatic heterocycles. The fourth-order valence-corrected chi connectivity index (χ4v) is 2.39. The summed E-state index contributed by atoms with van der Waals surface area (Å²) in [5, 5.41) is 17.1. The van der Waals surface area contributed by atoms with Crippen molar-refractivity contribution in [1.82, 2.24) is 19.9 Å². The van der Waals surface area contributed by atoms with Crippen LogP contribution >= 0.6 is 0 Å². The Hall–Kier alpha value is -1.63. The van der Waals surface area contributed by atoms with Crippen LogP contribution in [-0.2, 0) is 6.54 Å². The van der Waals surface area contributed by atoms with Crippen LogP contribution in [0.2, 0.25) is 0 Å². The Morgan fingerprint density at radius 3 is 3.00 bits per heavy atom. The maximum absolute atomic E-state index is 8.82. The number of hydrogen-bond donors (Lipinski definition) is 2. The highest BCUT2D eigenvalue weighted by atomic mass is 16.3. The fourth-order valence-electron chi connectivity index (χ4n) is 2.39. The second-order valence-corrected chi connectivity index (χ2v) is 5.29. The normalized spacial score (nSPS) is 22.9. The average molecular weight is 264 g/mol. The van der Waals surface area contributed by atoms with Crippen LogP contribution in [0.25, 0.3) is 0 Å². The molecule has 1 fully saturated rings. The third kappa shape index (κ3) is 2.70. The summed E-state index contributed by atoms with van der Waals surface area (Å²) in [4.78, 5) is 6.48. The maximum Gasteiger partial charge on any atom is 0.191 e. The zero-order valence-corrected chi connectivity index (χ0v) is 10.9. The number of aromatic nitrogens is 3. The topological polar surface area (TPSA) is 92.6 Å². The molecule has 1 aliphatic carbocycles. The molecule has 0 aromatic carbocycles. The molecule has 1 aliphatic heterocycles. The number of hydrogen-bond acceptors (Lipinski definition) is 6. The second-order valence-electron chi connectivity index (χ2n) is 5.29. The number of nitrogens with two attached hydrogens (primary N) is 1. The molecule has 0 radical (unpaired) electrons. The minimum Gasteiger partial charge on any atom is -0.396 e. The smallest absolute Gasteiger partial charge is 0.191 e. The molecule has 0 amide bonds. The molecule has 1 saturated carbocycles. The molecule has 7 heteroatoms. The van der Waals surface area contributed by atoms with Gasteiger partial charge in [-0.2, -0.15) is 0 Å². The van der Waals surface area contributed by atoms with Crippen LogP contribution in [0.5, 0.6) is 0 Å². The number of aliphatic hydroxyl groups is 1. The molecule has 19 heavy (non-hydrogen) atoms. The van der Waals surface area contributed by atoms with Crippen LogP contribution in [0.1, 0.15) is 31.0 Å². The van der Waals surface area contributed by atoms with Crippen molar-refractivity contribution in [3.8, 4) is 0 Å². The molecule has 1 unspecified atom stereocenters. The van der Waals surface area contributed by atoms with E-state index >= 15 is 0 Å². The molecule has 2 aliphatic rings. The monoisotopic (exact) mass is 264 g/mol. The van der Waals surface area contributed by atoms with Gasteiger partial charge >= 0.3 is 0 Å². The summed E-state index contributed by atoms with van der Waals surface area (Å²) in [6.07, 6.45) is 5.21. The van der Waals surface area contributed by atoms with Gasteiger partial charge in [-0.25, -0.2) is 0 Å². The van der Waals surface area contributed by atoms with E-state index in [-0.39, 0.29) is 12.6 Å². The largest absolute Gasteiger partial charge is 0.396 e. The van der Waals surface area contributed by atoms with Crippen LogP contribution in [0, 0.1) is 5.92 Å². The van der Waals surface area contributed by atoms with E-state index < -0.39 is 0 Å². The number of aliphatic hydroxyl groups excluding tert-OH is 1. The van der Waals surface area contributed by atoms with Crippen LogP contribution in [0.3, 0.4) is 0 Å². The van der Waals surface area contributed by atoms with Gasteiger partial charge < -0.3 is 15.7 Å². The Morgan fingerprint density at radius 2 is 2.26 bits per heavy atom. The lowest BCUT2D eigenvalue weighted by Crippen LogP contribution is -2.37. The van der Waals surface area contributed by atoms with Crippen LogP contribution < -0.4 is 5.73 Å². The molecule has 3 N–H and O–H groups in total. The van der Waals surface area contributed by atoms with Crippen LogP contribution in [0.4, 0.5) is 0 Å². The van der Waals surface area contributed by atoms with Gasteiger partial charge in [-0.3, -0.25) is 9.67 Å². The summed E-state index contributed by atoms with van der Waals surface area (Å²) in [5.74, 6) is 1.39. The van der Waals surface area contributed by atoms with Gasteiger partial charge in [0.2, 0.25) is 0 Å². The Balaban J connectivity index is 1.68. The number of rotatable bonds is 6. The van der Waals surface area contributed by atoms with E-state index in [4.69, 9.17) is 10.8 Å². The van der Waals surface area contributed by atoms with Crippen molar-refractivity contribution in [2.45, 2.75) is 31.8 Å². The predicted molar refractivity (Wildman–Crippen MR) is 70.4 cm³/mol. The highest BCUT2D eigenvalue weighted by Gasteiger charge is 2.34. The van der Waals surface area contributed by atoms with Crippen molar-refractivity contribution in [1.29, 1.82) is 0 Å². The molecule has 3 rings (SSSR count). The van der Waals surface area contributed by atoms with E-state index in [1.807, 2.05) is 6.20 Å². The molecule has 7 nitrogen and oxygen atoms in total. The number of aryl methyl sites for hydroxylation is 1.